The number of benzene rings is 1. The molecule has 2 N–H and O–H groups in total. The molecule has 1 saturated heterocycles. The molecule has 0 radical (unpaired) electrons. The van der Waals surface area contributed by atoms with Crippen molar-refractivity contribution in [3.63, 3.8) is 0 Å². The van der Waals surface area contributed by atoms with Gasteiger partial charge in [-0.05, 0) is 31.2 Å². The zero-order valence-electron chi connectivity index (χ0n) is 14.1. The van der Waals surface area contributed by atoms with Gasteiger partial charge in [0.15, 0.2) is 0 Å². The van der Waals surface area contributed by atoms with Gasteiger partial charge in [0, 0.05) is 25.2 Å². The Balaban J connectivity index is 1.86. The highest BCUT2D eigenvalue weighted by Crippen LogP contribution is 2.19. The average Bonchev–Trinajstić information content (AvgIpc) is 2.53. The van der Waals surface area contributed by atoms with Crippen LogP contribution in [0.5, 0.6) is 5.75 Å². The Kier molecular flexibility index (Phi) is 6.71. The van der Waals surface area contributed by atoms with Crippen molar-refractivity contribution in [1.82, 2.24) is 10.2 Å². The highest BCUT2D eigenvalue weighted by molar-refractivity contribution is 5.74. The van der Waals surface area contributed by atoms with Crippen LogP contribution in [0.25, 0.3) is 0 Å². The second-order valence-corrected chi connectivity index (χ2v) is 6.54. The third-order valence-corrected chi connectivity index (χ3v) is 4.04. The second kappa shape index (κ2) is 8.77. The van der Waals surface area contributed by atoms with Crippen molar-refractivity contribution in [3.8, 4) is 5.75 Å². The molecule has 2 rings (SSSR count). The van der Waals surface area contributed by atoms with E-state index in [4.69, 9.17) is 4.74 Å². The number of aliphatic hydroxyl groups is 1. The van der Waals surface area contributed by atoms with Gasteiger partial charge in [0.25, 0.3) is 0 Å². The molecule has 1 heterocycles. The topological polar surface area (TPSA) is 61.8 Å². The first-order valence-corrected chi connectivity index (χ1v) is 8.48. The lowest BCUT2D eigenvalue weighted by Crippen LogP contribution is -2.46. The molecule has 2 amide bonds. The number of ether oxygens (including phenoxy) is 1. The van der Waals surface area contributed by atoms with Crippen LogP contribution in [0.15, 0.2) is 24.3 Å². The number of rotatable bonds is 6. The molecule has 0 aliphatic carbocycles. The van der Waals surface area contributed by atoms with E-state index < -0.39 is 6.10 Å². The molecular weight excluding hydrogens is 292 g/mol. The van der Waals surface area contributed by atoms with Gasteiger partial charge in [0.1, 0.15) is 5.75 Å². The molecule has 1 atom stereocenters. The largest absolute Gasteiger partial charge is 0.493 e. The van der Waals surface area contributed by atoms with Crippen LogP contribution in [0, 0.1) is 5.92 Å². The fraction of sp³-hybridized carbons (Fsp3) is 0.611. The minimum atomic E-state index is -0.402. The van der Waals surface area contributed by atoms with Gasteiger partial charge in [-0.2, -0.15) is 0 Å². The maximum atomic E-state index is 12.2. The van der Waals surface area contributed by atoms with Crippen LogP contribution in [0.1, 0.15) is 38.7 Å². The number of β-amino-alcohol motifs (C(OH)–C–C–N with tert-alkyl or cyclic N) is 1. The van der Waals surface area contributed by atoms with Crippen LogP contribution < -0.4 is 10.1 Å². The number of aliphatic hydroxyl groups excluding tert-OH is 1. The van der Waals surface area contributed by atoms with Gasteiger partial charge in [-0.1, -0.05) is 32.0 Å². The van der Waals surface area contributed by atoms with Gasteiger partial charge >= 0.3 is 6.03 Å². The first-order chi connectivity index (χ1) is 11.1. The predicted octanol–water partition coefficient (Wildman–Crippen LogP) is 2.78. The second-order valence-electron chi connectivity index (χ2n) is 6.54. The summed E-state index contributed by atoms with van der Waals surface area (Å²) in [5.41, 5.74) is 0.974. The molecule has 0 saturated carbocycles. The SMILES string of the molecule is CC(C)CCOc1ccccc1CNC(=O)N1CCCC(O)C1. The number of nitrogens with zero attached hydrogens (tertiary/aromatic N) is 1. The van der Waals surface area contributed by atoms with E-state index in [-0.39, 0.29) is 6.03 Å². The van der Waals surface area contributed by atoms with Crippen molar-refractivity contribution in [2.45, 2.75) is 45.8 Å². The lowest BCUT2D eigenvalue weighted by molar-refractivity contribution is 0.0841. The minimum Gasteiger partial charge on any atom is -0.493 e. The summed E-state index contributed by atoms with van der Waals surface area (Å²) in [6, 6.07) is 7.67. The number of likely N-dealkylation sites (tertiary alicyclic amines) is 1. The molecule has 23 heavy (non-hydrogen) atoms. The maximum absolute atomic E-state index is 12.2. The Hall–Kier alpha value is -1.75. The van der Waals surface area contributed by atoms with Crippen LogP contribution in [0.3, 0.4) is 0 Å². The number of urea groups is 1. The number of carbonyl (C=O) groups excluding carboxylic acids is 1. The molecule has 0 aromatic heterocycles. The number of para-hydroxylation sites is 1. The number of hydrogen-bond donors (Lipinski definition) is 2. The van der Waals surface area contributed by atoms with E-state index in [0.29, 0.717) is 32.2 Å². The molecular formula is C18H28N2O3. The number of carbonyl (C=O) groups is 1. The van der Waals surface area contributed by atoms with Crippen molar-refractivity contribution in [2.24, 2.45) is 5.92 Å². The van der Waals surface area contributed by atoms with Crippen molar-refractivity contribution in [1.29, 1.82) is 0 Å². The van der Waals surface area contributed by atoms with Crippen molar-refractivity contribution >= 4 is 6.03 Å². The molecule has 1 aromatic carbocycles. The Morgan fingerprint density at radius 2 is 2.22 bits per heavy atom. The summed E-state index contributed by atoms with van der Waals surface area (Å²) in [6.45, 7) is 6.57. The number of piperidine rings is 1. The van der Waals surface area contributed by atoms with Crippen molar-refractivity contribution < 1.29 is 14.6 Å². The standard InChI is InChI=1S/C18H28N2O3/c1-14(2)9-11-23-17-8-4-3-6-15(17)12-19-18(22)20-10-5-7-16(21)13-20/h3-4,6,8,14,16,21H,5,7,9-13H2,1-2H3,(H,19,22). The molecule has 1 aromatic rings. The van der Waals surface area contributed by atoms with Gasteiger partial charge in [-0.15, -0.1) is 0 Å². The van der Waals surface area contributed by atoms with E-state index in [1.54, 1.807) is 4.90 Å². The number of nitrogens with one attached hydrogen (secondary N) is 1. The van der Waals surface area contributed by atoms with Crippen LogP contribution in [0.4, 0.5) is 4.79 Å². The fourth-order valence-electron chi connectivity index (χ4n) is 2.62. The Bertz CT molecular complexity index is 505. The summed E-state index contributed by atoms with van der Waals surface area (Å²) in [6.07, 6.45) is 2.23. The highest BCUT2D eigenvalue weighted by Gasteiger charge is 2.21. The average molecular weight is 320 g/mol. The summed E-state index contributed by atoms with van der Waals surface area (Å²) in [7, 11) is 0. The van der Waals surface area contributed by atoms with E-state index in [0.717, 1.165) is 30.6 Å². The molecule has 0 bridgehead atoms. The Morgan fingerprint density at radius 1 is 1.43 bits per heavy atom. The van der Waals surface area contributed by atoms with E-state index in [1.807, 2.05) is 24.3 Å². The van der Waals surface area contributed by atoms with Crippen LogP contribution in [-0.2, 0) is 6.54 Å². The molecule has 1 fully saturated rings. The van der Waals surface area contributed by atoms with E-state index in [9.17, 15) is 9.90 Å². The summed E-state index contributed by atoms with van der Waals surface area (Å²) < 4.78 is 5.84. The lowest BCUT2D eigenvalue weighted by atomic mass is 10.1. The summed E-state index contributed by atoms with van der Waals surface area (Å²) in [5, 5.41) is 12.6. The molecule has 5 heteroatoms. The Morgan fingerprint density at radius 3 is 2.96 bits per heavy atom. The Labute approximate surface area is 138 Å². The highest BCUT2D eigenvalue weighted by atomic mass is 16.5. The van der Waals surface area contributed by atoms with E-state index >= 15 is 0 Å². The normalized spacial score (nSPS) is 18.1. The predicted molar refractivity (Wildman–Crippen MR) is 90.4 cm³/mol. The molecule has 1 aliphatic heterocycles. The van der Waals surface area contributed by atoms with Gasteiger partial charge < -0.3 is 20.1 Å². The van der Waals surface area contributed by atoms with Crippen LogP contribution >= 0.6 is 0 Å². The van der Waals surface area contributed by atoms with Gasteiger partial charge in [-0.25, -0.2) is 4.79 Å². The summed E-state index contributed by atoms with van der Waals surface area (Å²) in [4.78, 5) is 13.9. The minimum absolute atomic E-state index is 0.124. The lowest BCUT2D eigenvalue weighted by Gasteiger charge is -2.30. The van der Waals surface area contributed by atoms with Crippen molar-refractivity contribution in [2.75, 3.05) is 19.7 Å². The first-order valence-electron chi connectivity index (χ1n) is 8.48. The van der Waals surface area contributed by atoms with Crippen molar-refractivity contribution in [3.05, 3.63) is 29.8 Å². The fourth-order valence-corrected chi connectivity index (χ4v) is 2.62. The van der Waals surface area contributed by atoms with E-state index in [1.165, 1.54) is 0 Å². The summed E-state index contributed by atoms with van der Waals surface area (Å²) >= 11 is 0. The summed E-state index contributed by atoms with van der Waals surface area (Å²) in [5.74, 6) is 1.43. The van der Waals surface area contributed by atoms with Crippen LogP contribution in [0.2, 0.25) is 0 Å². The molecule has 1 aliphatic rings. The zero-order valence-corrected chi connectivity index (χ0v) is 14.1. The molecule has 0 spiro atoms. The van der Waals surface area contributed by atoms with E-state index in [2.05, 4.69) is 19.2 Å². The molecule has 128 valence electrons. The number of hydrogen-bond acceptors (Lipinski definition) is 3. The smallest absolute Gasteiger partial charge is 0.317 e. The van der Waals surface area contributed by atoms with Crippen LogP contribution in [-0.4, -0.2) is 41.8 Å². The van der Waals surface area contributed by atoms with Gasteiger partial charge in [0.2, 0.25) is 0 Å². The maximum Gasteiger partial charge on any atom is 0.317 e. The number of amides is 2. The first kappa shape index (κ1) is 17.6. The zero-order chi connectivity index (χ0) is 16.7. The molecule has 5 nitrogen and oxygen atoms in total. The van der Waals surface area contributed by atoms with Gasteiger partial charge in [0.05, 0.1) is 12.7 Å². The third-order valence-electron chi connectivity index (χ3n) is 4.04. The van der Waals surface area contributed by atoms with Gasteiger partial charge in [-0.3, -0.25) is 0 Å². The molecule has 1 unspecified atom stereocenters. The monoisotopic (exact) mass is 320 g/mol. The quantitative estimate of drug-likeness (QED) is 0.847. The third kappa shape index (κ3) is 5.75.